The van der Waals surface area contributed by atoms with Crippen LogP contribution in [0.15, 0.2) is 29.1 Å². The number of nitrogens with zero attached hydrogens (tertiary/aromatic N) is 4. The molecule has 3 aromatic heterocycles. The van der Waals surface area contributed by atoms with Gasteiger partial charge in [0, 0.05) is 24.7 Å². The van der Waals surface area contributed by atoms with Crippen molar-refractivity contribution in [2.75, 3.05) is 24.5 Å². The van der Waals surface area contributed by atoms with Gasteiger partial charge in [-0.05, 0) is 29.0 Å². The lowest BCUT2D eigenvalue weighted by Crippen LogP contribution is -2.52. The molecular weight excluding hydrogens is 453 g/mol. The third-order valence-corrected chi connectivity index (χ3v) is 6.22. The molecule has 0 atom stereocenters. The standard InChI is InChI=1S/C20H18ClF3N4O2S/c1-11(2)12-7-14(20(22,23)24)18-25-16(17(21)28(18)8-12)19(30)26-4-5-27(15(29)9-26)13-3-6-31-10-13/h3,6-8,10-11H,4-5,9H2,1-2H3. The quantitative estimate of drug-likeness (QED) is 0.558. The van der Waals surface area contributed by atoms with Gasteiger partial charge >= 0.3 is 6.18 Å². The number of fused-ring (bicyclic) bond motifs is 1. The largest absolute Gasteiger partial charge is 0.419 e. The monoisotopic (exact) mass is 470 g/mol. The minimum Gasteiger partial charge on any atom is -0.326 e. The smallest absolute Gasteiger partial charge is 0.326 e. The third kappa shape index (κ3) is 3.89. The van der Waals surface area contributed by atoms with Crippen molar-refractivity contribution < 1.29 is 22.8 Å². The molecule has 31 heavy (non-hydrogen) atoms. The van der Waals surface area contributed by atoms with E-state index in [-0.39, 0.29) is 42.3 Å². The summed E-state index contributed by atoms with van der Waals surface area (Å²) in [5, 5.41) is 3.47. The summed E-state index contributed by atoms with van der Waals surface area (Å²) in [6.45, 7) is 3.81. The van der Waals surface area contributed by atoms with Crippen LogP contribution in [0.3, 0.4) is 0 Å². The van der Waals surface area contributed by atoms with E-state index in [1.165, 1.54) is 22.4 Å². The van der Waals surface area contributed by atoms with E-state index in [2.05, 4.69) is 4.98 Å². The van der Waals surface area contributed by atoms with E-state index in [9.17, 15) is 22.8 Å². The highest BCUT2D eigenvalue weighted by atomic mass is 35.5. The molecule has 0 saturated carbocycles. The third-order valence-electron chi connectivity index (χ3n) is 5.18. The maximum absolute atomic E-state index is 13.6. The lowest BCUT2D eigenvalue weighted by Gasteiger charge is -2.33. The second kappa shape index (κ2) is 7.83. The maximum atomic E-state index is 13.6. The molecule has 0 aromatic carbocycles. The molecule has 0 spiro atoms. The average Bonchev–Trinajstić information content (AvgIpc) is 3.34. The van der Waals surface area contributed by atoms with Gasteiger partial charge in [0.2, 0.25) is 5.91 Å². The topological polar surface area (TPSA) is 57.9 Å². The van der Waals surface area contributed by atoms with E-state index in [0.29, 0.717) is 5.56 Å². The fraction of sp³-hybridized carbons (Fsp3) is 0.350. The first-order chi connectivity index (χ1) is 14.6. The highest BCUT2D eigenvalue weighted by Gasteiger charge is 2.37. The Balaban J connectivity index is 1.69. The van der Waals surface area contributed by atoms with Gasteiger partial charge in [0.25, 0.3) is 5.91 Å². The van der Waals surface area contributed by atoms with Gasteiger partial charge in [-0.1, -0.05) is 25.4 Å². The van der Waals surface area contributed by atoms with Crippen LogP contribution in [-0.2, 0) is 11.0 Å². The lowest BCUT2D eigenvalue weighted by molar-refractivity contribution is -0.136. The number of hydrogen-bond donors (Lipinski definition) is 0. The molecule has 164 valence electrons. The molecular formula is C20H18ClF3N4O2S. The van der Waals surface area contributed by atoms with Crippen LogP contribution in [0.4, 0.5) is 18.9 Å². The Kier molecular flexibility index (Phi) is 5.47. The average molecular weight is 471 g/mol. The molecule has 1 fully saturated rings. The fourth-order valence-corrected chi connectivity index (χ4v) is 4.37. The molecule has 1 aliphatic heterocycles. The Labute approximate surface area is 184 Å². The number of thiophene rings is 1. The van der Waals surface area contributed by atoms with Crippen LogP contribution in [-0.4, -0.2) is 45.7 Å². The molecule has 2 amide bonds. The van der Waals surface area contributed by atoms with Gasteiger partial charge in [-0.3, -0.25) is 14.0 Å². The molecule has 4 rings (SSSR count). The zero-order chi connectivity index (χ0) is 22.5. The minimum absolute atomic E-state index is 0.189. The summed E-state index contributed by atoms with van der Waals surface area (Å²) in [6.07, 6.45) is -3.20. The highest BCUT2D eigenvalue weighted by molar-refractivity contribution is 7.08. The van der Waals surface area contributed by atoms with Crippen molar-refractivity contribution in [3.05, 3.63) is 51.1 Å². The number of carbonyl (C=O) groups excluding carboxylic acids is 2. The summed E-state index contributed by atoms with van der Waals surface area (Å²) in [5.41, 5.74) is -0.530. The van der Waals surface area contributed by atoms with Crippen LogP contribution < -0.4 is 4.90 Å². The number of hydrogen-bond acceptors (Lipinski definition) is 4. The van der Waals surface area contributed by atoms with Gasteiger partial charge in [-0.15, -0.1) is 0 Å². The van der Waals surface area contributed by atoms with Gasteiger partial charge in [-0.25, -0.2) is 4.98 Å². The number of halogens is 4. The van der Waals surface area contributed by atoms with Crippen LogP contribution in [0.5, 0.6) is 0 Å². The maximum Gasteiger partial charge on any atom is 0.419 e. The van der Waals surface area contributed by atoms with E-state index < -0.39 is 23.3 Å². The second-order valence-corrected chi connectivity index (χ2v) is 8.68. The summed E-state index contributed by atoms with van der Waals surface area (Å²) in [6, 6.07) is 2.84. The number of piperazine rings is 1. The van der Waals surface area contributed by atoms with E-state index in [1.54, 1.807) is 18.7 Å². The predicted molar refractivity (Wildman–Crippen MR) is 112 cm³/mol. The fourth-order valence-electron chi connectivity index (χ4n) is 3.48. The first-order valence-corrected chi connectivity index (χ1v) is 10.8. The summed E-state index contributed by atoms with van der Waals surface area (Å²) < 4.78 is 42.0. The summed E-state index contributed by atoms with van der Waals surface area (Å²) in [7, 11) is 0. The zero-order valence-electron chi connectivity index (χ0n) is 16.6. The van der Waals surface area contributed by atoms with Crippen molar-refractivity contribution in [3.63, 3.8) is 0 Å². The number of imidazole rings is 1. The number of alkyl halides is 3. The molecule has 0 radical (unpaired) electrons. The molecule has 1 aliphatic rings. The minimum atomic E-state index is -4.66. The van der Waals surface area contributed by atoms with Gasteiger partial charge in [0.15, 0.2) is 11.3 Å². The number of amides is 2. The van der Waals surface area contributed by atoms with Crippen LogP contribution in [0, 0.1) is 0 Å². The van der Waals surface area contributed by atoms with Gasteiger partial charge in [0.1, 0.15) is 11.7 Å². The van der Waals surface area contributed by atoms with Crippen LogP contribution in [0.2, 0.25) is 5.15 Å². The van der Waals surface area contributed by atoms with E-state index in [4.69, 9.17) is 11.6 Å². The van der Waals surface area contributed by atoms with Crippen molar-refractivity contribution in [2.45, 2.75) is 25.9 Å². The molecule has 6 nitrogen and oxygen atoms in total. The molecule has 0 N–H and O–H groups in total. The van der Waals surface area contributed by atoms with E-state index >= 15 is 0 Å². The van der Waals surface area contributed by atoms with Crippen molar-refractivity contribution in [1.82, 2.24) is 14.3 Å². The first kappa shape index (κ1) is 21.6. The molecule has 0 unspecified atom stereocenters. The Morgan fingerprint density at radius 2 is 2.03 bits per heavy atom. The lowest BCUT2D eigenvalue weighted by atomic mass is 10.0. The number of aromatic nitrogens is 2. The van der Waals surface area contributed by atoms with E-state index in [1.807, 2.05) is 16.8 Å². The summed E-state index contributed by atoms with van der Waals surface area (Å²) >= 11 is 7.76. The van der Waals surface area contributed by atoms with E-state index in [0.717, 1.165) is 16.2 Å². The molecule has 4 heterocycles. The SMILES string of the molecule is CC(C)c1cc(C(F)(F)F)c2nc(C(=O)N3CCN(c4ccsc4)C(=O)C3)c(Cl)n2c1. The van der Waals surface area contributed by atoms with Crippen molar-refractivity contribution in [3.8, 4) is 0 Å². The zero-order valence-corrected chi connectivity index (χ0v) is 18.2. The Morgan fingerprint density at radius 3 is 2.61 bits per heavy atom. The molecule has 3 aromatic rings. The van der Waals surface area contributed by atoms with Crippen LogP contribution >= 0.6 is 22.9 Å². The van der Waals surface area contributed by atoms with Gasteiger partial charge in [0.05, 0.1) is 11.3 Å². The van der Waals surface area contributed by atoms with Crippen molar-refractivity contribution in [1.29, 1.82) is 0 Å². The number of carbonyl (C=O) groups is 2. The van der Waals surface area contributed by atoms with Crippen molar-refractivity contribution >= 4 is 46.1 Å². The number of rotatable bonds is 3. The first-order valence-electron chi connectivity index (χ1n) is 9.48. The van der Waals surface area contributed by atoms with Gasteiger partial charge in [-0.2, -0.15) is 24.5 Å². The van der Waals surface area contributed by atoms with Crippen LogP contribution in [0.1, 0.15) is 41.4 Å². The number of anilines is 1. The van der Waals surface area contributed by atoms with Gasteiger partial charge < -0.3 is 9.80 Å². The normalized spacial score (nSPS) is 15.4. The van der Waals surface area contributed by atoms with Crippen molar-refractivity contribution in [2.24, 2.45) is 0 Å². The number of pyridine rings is 1. The molecule has 0 aliphatic carbocycles. The molecule has 11 heteroatoms. The highest BCUT2D eigenvalue weighted by Crippen LogP contribution is 2.36. The molecule has 0 bridgehead atoms. The summed E-state index contributed by atoms with van der Waals surface area (Å²) in [5.74, 6) is -1.15. The Bertz CT molecular complexity index is 1160. The summed E-state index contributed by atoms with van der Waals surface area (Å²) in [4.78, 5) is 32.3. The Hall–Kier alpha value is -2.59. The van der Waals surface area contributed by atoms with Crippen LogP contribution in [0.25, 0.3) is 5.65 Å². The predicted octanol–water partition coefficient (Wildman–Crippen LogP) is 4.68. The second-order valence-electron chi connectivity index (χ2n) is 7.54. The Morgan fingerprint density at radius 1 is 1.29 bits per heavy atom. The molecule has 1 saturated heterocycles.